The van der Waals surface area contributed by atoms with Gasteiger partial charge in [0.1, 0.15) is 0 Å². The lowest BCUT2D eigenvalue weighted by Gasteiger charge is -2.24. The van der Waals surface area contributed by atoms with Gasteiger partial charge in [-0.15, -0.1) is 0 Å². The number of imide groups is 1. The van der Waals surface area contributed by atoms with Gasteiger partial charge in [0.15, 0.2) is 0 Å². The topological polar surface area (TPSA) is 57.6 Å². The van der Waals surface area contributed by atoms with Crippen molar-refractivity contribution in [2.45, 2.75) is 6.04 Å². The van der Waals surface area contributed by atoms with Gasteiger partial charge in [0.2, 0.25) is 0 Å². The minimum Gasteiger partial charge on any atom is -0.394 e. The molecule has 4 heteroatoms. The van der Waals surface area contributed by atoms with Gasteiger partial charge in [-0.1, -0.05) is 30.3 Å². The van der Waals surface area contributed by atoms with Crippen LogP contribution in [0.3, 0.4) is 0 Å². The number of hydrogen-bond acceptors (Lipinski definition) is 3. The summed E-state index contributed by atoms with van der Waals surface area (Å²) in [5.74, 6) is -0.763. The third-order valence-electron chi connectivity index (χ3n) is 2.51. The first kappa shape index (κ1) is 10.6. The number of benzene rings is 1. The highest BCUT2D eigenvalue weighted by molar-refractivity contribution is 6.13. The van der Waals surface area contributed by atoms with E-state index in [4.69, 9.17) is 0 Å². The Bertz CT molecular complexity index is 421. The number of carbonyl (C=O) groups excluding carboxylic acids is 2. The summed E-state index contributed by atoms with van der Waals surface area (Å²) in [7, 11) is 0. The maximum atomic E-state index is 11.5. The zero-order chi connectivity index (χ0) is 11.5. The van der Waals surface area contributed by atoms with Crippen LogP contribution in [0.2, 0.25) is 0 Å². The number of nitrogens with zero attached hydrogens (tertiary/aromatic N) is 1. The van der Waals surface area contributed by atoms with Crippen molar-refractivity contribution in [3.8, 4) is 0 Å². The third kappa shape index (κ3) is 1.75. The molecule has 1 aliphatic rings. The van der Waals surface area contributed by atoms with Crippen LogP contribution < -0.4 is 0 Å². The van der Waals surface area contributed by atoms with E-state index in [1.54, 1.807) is 24.3 Å². The van der Waals surface area contributed by atoms with Crippen molar-refractivity contribution in [2.24, 2.45) is 0 Å². The molecule has 1 aromatic rings. The van der Waals surface area contributed by atoms with E-state index in [-0.39, 0.29) is 18.4 Å². The second-order valence-corrected chi connectivity index (χ2v) is 3.49. The molecule has 0 fully saturated rings. The van der Waals surface area contributed by atoms with Crippen LogP contribution in [0.5, 0.6) is 0 Å². The van der Waals surface area contributed by atoms with Crippen LogP contribution in [-0.2, 0) is 9.59 Å². The molecule has 0 aromatic heterocycles. The molecule has 2 amide bonds. The summed E-state index contributed by atoms with van der Waals surface area (Å²) in [5, 5.41) is 9.30. The van der Waals surface area contributed by atoms with E-state index in [1.165, 1.54) is 12.2 Å². The molecule has 0 saturated heterocycles. The molecule has 1 heterocycles. The molecule has 0 unspecified atom stereocenters. The molecule has 0 saturated carbocycles. The van der Waals surface area contributed by atoms with E-state index in [0.29, 0.717) is 0 Å². The Morgan fingerprint density at radius 2 is 1.62 bits per heavy atom. The fourth-order valence-corrected chi connectivity index (χ4v) is 1.73. The van der Waals surface area contributed by atoms with Gasteiger partial charge in [-0.3, -0.25) is 14.5 Å². The Morgan fingerprint density at radius 3 is 2.12 bits per heavy atom. The van der Waals surface area contributed by atoms with E-state index in [9.17, 15) is 14.7 Å². The van der Waals surface area contributed by atoms with Crippen molar-refractivity contribution < 1.29 is 14.7 Å². The number of aliphatic hydroxyl groups excluding tert-OH is 1. The van der Waals surface area contributed by atoms with Gasteiger partial charge in [0.05, 0.1) is 12.6 Å². The molecule has 16 heavy (non-hydrogen) atoms. The minimum absolute atomic E-state index is 0.275. The van der Waals surface area contributed by atoms with E-state index < -0.39 is 6.04 Å². The summed E-state index contributed by atoms with van der Waals surface area (Å²) in [6, 6.07) is 8.40. The average molecular weight is 217 g/mol. The van der Waals surface area contributed by atoms with Crippen molar-refractivity contribution in [3.05, 3.63) is 48.0 Å². The Morgan fingerprint density at radius 1 is 1.06 bits per heavy atom. The summed E-state index contributed by atoms with van der Waals surface area (Å²) in [4.78, 5) is 24.0. The molecule has 0 aliphatic carbocycles. The SMILES string of the molecule is O=C1C=CC(=O)N1[C@@H](CO)c1ccccc1. The molecule has 82 valence electrons. The molecule has 4 nitrogen and oxygen atoms in total. The largest absolute Gasteiger partial charge is 0.394 e. The van der Waals surface area contributed by atoms with Gasteiger partial charge in [0, 0.05) is 12.2 Å². The molecule has 2 rings (SSSR count). The molecule has 1 aliphatic heterocycles. The molecular weight excluding hydrogens is 206 g/mol. The fraction of sp³-hybridized carbons (Fsp3) is 0.167. The minimum atomic E-state index is -0.601. The molecule has 0 radical (unpaired) electrons. The van der Waals surface area contributed by atoms with Crippen LogP contribution in [0.15, 0.2) is 42.5 Å². The second kappa shape index (κ2) is 4.28. The van der Waals surface area contributed by atoms with Crippen molar-refractivity contribution in [3.63, 3.8) is 0 Å². The maximum absolute atomic E-state index is 11.5. The van der Waals surface area contributed by atoms with Crippen LogP contribution in [-0.4, -0.2) is 28.4 Å². The number of hydrogen-bond donors (Lipinski definition) is 1. The Labute approximate surface area is 92.8 Å². The van der Waals surface area contributed by atoms with Crippen LogP contribution >= 0.6 is 0 Å². The predicted molar refractivity (Wildman–Crippen MR) is 57.3 cm³/mol. The average Bonchev–Trinajstić information content (AvgIpc) is 2.63. The first-order valence-electron chi connectivity index (χ1n) is 4.95. The standard InChI is InChI=1S/C12H11NO3/c14-8-10(9-4-2-1-3-5-9)13-11(15)6-7-12(13)16/h1-7,10,14H,8H2/t10-/m0/s1. The molecule has 0 bridgehead atoms. The fourth-order valence-electron chi connectivity index (χ4n) is 1.73. The second-order valence-electron chi connectivity index (χ2n) is 3.49. The lowest BCUT2D eigenvalue weighted by molar-refractivity contribution is -0.140. The molecule has 1 aromatic carbocycles. The Kier molecular flexibility index (Phi) is 2.83. The van der Waals surface area contributed by atoms with E-state index in [0.717, 1.165) is 10.5 Å². The lowest BCUT2D eigenvalue weighted by Crippen LogP contribution is -2.36. The van der Waals surface area contributed by atoms with Crippen LogP contribution in [0, 0.1) is 0 Å². The quantitative estimate of drug-likeness (QED) is 0.756. The van der Waals surface area contributed by atoms with Gasteiger partial charge >= 0.3 is 0 Å². The normalized spacial score (nSPS) is 16.9. The van der Waals surface area contributed by atoms with Crippen molar-refractivity contribution in [1.29, 1.82) is 0 Å². The summed E-state index contributed by atoms with van der Waals surface area (Å²) in [6.07, 6.45) is 2.43. The highest BCUT2D eigenvalue weighted by Crippen LogP contribution is 2.23. The predicted octanol–water partition coefficient (Wildman–Crippen LogP) is 0.645. The number of aliphatic hydroxyl groups is 1. The first-order valence-corrected chi connectivity index (χ1v) is 4.95. The van der Waals surface area contributed by atoms with Gasteiger partial charge in [-0.05, 0) is 5.56 Å². The summed E-state index contributed by atoms with van der Waals surface area (Å²) in [6.45, 7) is -0.275. The zero-order valence-corrected chi connectivity index (χ0v) is 8.54. The molecule has 1 N–H and O–H groups in total. The van der Waals surface area contributed by atoms with Crippen molar-refractivity contribution in [2.75, 3.05) is 6.61 Å². The van der Waals surface area contributed by atoms with Gasteiger partial charge in [0.25, 0.3) is 11.8 Å². The third-order valence-corrected chi connectivity index (χ3v) is 2.51. The Balaban J connectivity index is 2.31. The van der Waals surface area contributed by atoms with Crippen LogP contribution in [0.4, 0.5) is 0 Å². The highest BCUT2D eigenvalue weighted by Gasteiger charge is 2.31. The Hall–Kier alpha value is -1.94. The smallest absolute Gasteiger partial charge is 0.254 e. The zero-order valence-electron chi connectivity index (χ0n) is 8.54. The maximum Gasteiger partial charge on any atom is 0.254 e. The van der Waals surface area contributed by atoms with Gasteiger partial charge < -0.3 is 5.11 Å². The number of amides is 2. The summed E-state index contributed by atoms with van der Waals surface area (Å²) >= 11 is 0. The van der Waals surface area contributed by atoms with Gasteiger partial charge in [-0.2, -0.15) is 0 Å². The highest BCUT2D eigenvalue weighted by atomic mass is 16.3. The van der Waals surface area contributed by atoms with Crippen LogP contribution in [0.25, 0.3) is 0 Å². The number of rotatable bonds is 3. The summed E-state index contributed by atoms with van der Waals surface area (Å²) < 4.78 is 0. The lowest BCUT2D eigenvalue weighted by atomic mass is 10.1. The monoisotopic (exact) mass is 217 g/mol. The van der Waals surface area contributed by atoms with E-state index in [1.807, 2.05) is 6.07 Å². The van der Waals surface area contributed by atoms with E-state index >= 15 is 0 Å². The van der Waals surface area contributed by atoms with Crippen molar-refractivity contribution >= 4 is 11.8 Å². The molecular formula is C12H11NO3. The first-order chi connectivity index (χ1) is 7.74. The van der Waals surface area contributed by atoms with Crippen LogP contribution in [0.1, 0.15) is 11.6 Å². The number of carbonyl (C=O) groups is 2. The molecule has 0 spiro atoms. The van der Waals surface area contributed by atoms with Crippen molar-refractivity contribution in [1.82, 2.24) is 4.90 Å². The summed E-state index contributed by atoms with van der Waals surface area (Å²) in [5.41, 5.74) is 0.746. The van der Waals surface area contributed by atoms with Gasteiger partial charge in [-0.25, -0.2) is 0 Å². The molecule has 1 atom stereocenters. The van der Waals surface area contributed by atoms with E-state index in [2.05, 4.69) is 0 Å².